The normalized spacial score (nSPS) is 13.9. The predicted octanol–water partition coefficient (Wildman–Crippen LogP) is 2.48. The highest BCUT2D eigenvalue weighted by molar-refractivity contribution is 5.32. The summed E-state index contributed by atoms with van der Waals surface area (Å²) in [5.41, 5.74) is 0.612. The molecule has 0 amide bonds. The first-order valence-electron chi connectivity index (χ1n) is 7.88. The SMILES string of the molecule is CCCNC(CC)(CO)CCCOc1ccccc1CO. The van der Waals surface area contributed by atoms with Gasteiger partial charge in [-0.1, -0.05) is 32.0 Å². The molecular formula is C17H29NO3. The van der Waals surface area contributed by atoms with Crippen LogP contribution in [0.25, 0.3) is 0 Å². The zero-order chi connectivity index (χ0) is 15.6. The molecule has 120 valence electrons. The lowest BCUT2D eigenvalue weighted by molar-refractivity contribution is 0.137. The molecule has 0 aliphatic heterocycles. The Morgan fingerprint density at radius 3 is 2.57 bits per heavy atom. The van der Waals surface area contributed by atoms with Gasteiger partial charge in [-0.3, -0.25) is 0 Å². The molecule has 0 spiro atoms. The first-order valence-corrected chi connectivity index (χ1v) is 7.88. The summed E-state index contributed by atoms with van der Waals surface area (Å²) in [5, 5.41) is 22.4. The highest BCUT2D eigenvalue weighted by atomic mass is 16.5. The van der Waals surface area contributed by atoms with E-state index in [1.807, 2.05) is 24.3 Å². The van der Waals surface area contributed by atoms with E-state index in [9.17, 15) is 10.2 Å². The molecule has 0 aliphatic carbocycles. The molecule has 4 nitrogen and oxygen atoms in total. The fourth-order valence-corrected chi connectivity index (χ4v) is 2.40. The minimum Gasteiger partial charge on any atom is -0.493 e. The molecule has 1 rings (SSSR count). The monoisotopic (exact) mass is 295 g/mol. The minimum atomic E-state index is -0.199. The highest BCUT2D eigenvalue weighted by Gasteiger charge is 2.25. The van der Waals surface area contributed by atoms with E-state index in [1.54, 1.807) is 0 Å². The van der Waals surface area contributed by atoms with E-state index in [1.165, 1.54) is 0 Å². The number of nitrogens with one attached hydrogen (secondary N) is 1. The summed E-state index contributed by atoms with van der Waals surface area (Å²) >= 11 is 0. The third-order valence-corrected chi connectivity index (χ3v) is 3.93. The molecule has 0 heterocycles. The van der Waals surface area contributed by atoms with Crippen LogP contribution in [-0.4, -0.2) is 35.5 Å². The zero-order valence-electron chi connectivity index (χ0n) is 13.3. The Hall–Kier alpha value is -1.10. The topological polar surface area (TPSA) is 61.7 Å². The van der Waals surface area contributed by atoms with Crippen LogP contribution in [0.2, 0.25) is 0 Å². The lowest BCUT2D eigenvalue weighted by Gasteiger charge is -2.32. The Kier molecular flexibility index (Phi) is 8.35. The van der Waals surface area contributed by atoms with Gasteiger partial charge in [0, 0.05) is 11.1 Å². The number of benzene rings is 1. The molecular weight excluding hydrogens is 266 g/mol. The largest absolute Gasteiger partial charge is 0.493 e. The van der Waals surface area contributed by atoms with Crippen molar-refractivity contribution in [2.75, 3.05) is 19.8 Å². The van der Waals surface area contributed by atoms with Crippen LogP contribution in [0, 0.1) is 0 Å². The van der Waals surface area contributed by atoms with E-state index in [-0.39, 0.29) is 18.8 Å². The Bertz CT molecular complexity index is 391. The van der Waals surface area contributed by atoms with E-state index in [0.717, 1.165) is 43.5 Å². The van der Waals surface area contributed by atoms with E-state index >= 15 is 0 Å². The first-order chi connectivity index (χ1) is 10.2. The van der Waals surface area contributed by atoms with Crippen molar-refractivity contribution in [1.82, 2.24) is 5.32 Å². The number of aliphatic hydroxyl groups is 2. The fraction of sp³-hybridized carbons (Fsp3) is 0.647. The summed E-state index contributed by atoms with van der Waals surface area (Å²) < 4.78 is 5.75. The molecule has 1 atom stereocenters. The number of rotatable bonds is 11. The Morgan fingerprint density at radius 1 is 1.19 bits per heavy atom. The van der Waals surface area contributed by atoms with Crippen LogP contribution in [0.1, 0.15) is 45.1 Å². The van der Waals surface area contributed by atoms with Crippen LogP contribution in [0.4, 0.5) is 0 Å². The van der Waals surface area contributed by atoms with E-state index < -0.39 is 0 Å². The molecule has 3 N–H and O–H groups in total. The number of ether oxygens (including phenoxy) is 1. The molecule has 0 aromatic heterocycles. The van der Waals surface area contributed by atoms with Gasteiger partial charge < -0.3 is 20.3 Å². The van der Waals surface area contributed by atoms with Crippen molar-refractivity contribution in [3.63, 3.8) is 0 Å². The van der Waals surface area contributed by atoms with Crippen LogP contribution in [-0.2, 0) is 6.61 Å². The molecule has 0 aliphatic rings. The maximum absolute atomic E-state index is 9.67. The van der Waals surface area contributed by atoms with Crippen LogP contribution in [0.15, 0.2) is 24.3 Å². The molecule has 0 saturated heterocycles. The highest BCUT2D eigenvalue weighted by Crippen LogP contribution is 2.20. The number of hydrogen-bond donors (Lipinski definition) is 3. The van der Waals surface area contributed by atoms with E-state index in [2.05, 4.69) is 19.2 Å². The first kappa shape index (κ1) is 18.0. The molecule has 4 heteroatoms. The third-order valence-electron chi connectivity index (χ3n) is 3.93. The van der Waals surface area contributed by atoms with Gasteiger partial charge in [-0.05, 0) is 38.3 Å². The third kappa shape index (κ3) is 5.65. The quantitative estimate of drug-likeness (QED) is 0.549. The standard InChI is InChI=1S/C17H29NO3/c1-3-11-18-17(4-2,14-20)10-7-12-21-16-9-6-5-8-15(16)13-19/h5-6,8-9,18-20H,3-4,7,10-14H2,1-2H3. The second-order valence-electron chi connectivity index (χ2n) is 5.44. The van der Waals surface area contributed by atoms with Gasteiger partial charge in [-0.25, -0.2) is 0 Å². The van der Waals surface area contributed by atoms with Crippen LogP contribution >= 0.6 is 0 Å². The molecule has 0 saturated carbocycles. The van der Waals surface area contributed by atoms with Crippen LogP contribution in [0.5, 0.6) is 5.75 Å². The lowest BCUT2D eigenvalue weighted by atomic mass is 9.91. The van der Waals surface area contributed by atoms with Gasteiger partial charge in [-0.2, -0.15) is 0 Å². The second kappa shape index (κ2) is 9.77. The van der Waals surface area contributed by atoms with Gasteiger partial charge in [0.25, 0.3) is 0 Å². The van der Waals surface area contributed by atoms with Crippen molar-refractivity contribution in [2.45, 2.75) is 51.7 Å². The summed E-state index contributed by atoms with van der Waals surface area (Å²) in [6.07, 6.45) is 3.70. The summed E-state index contributed by atoms with van der Waals surface area (Å²) in [5.74, 6) is 0.743. The average molecular weight is 295 g/mol. The van der Waals surface area contributed by atoms with Gasteiger partial charge >= 0.3 is 0 Å². The number of hydrogen-bond acceptors (Lipinski definition) is 4. The molecule has 21 heavy (non-hydrogen) atoms. The molecule has 1 aromatic carbocycles. The number of para-hydroxylation sites is 1. The zero-order valence-corrected chi connectivity index (χ0v) is 13.3. The summed E-state index contributed by atoms with van der Waals surface area (Å²) in [6.45, 7) is 5.87. The van der Waals surface area contributed by atoms with Gasteiger partial charge in [0.2, 0.25) is 0 Å². The summed E-state index contributed by atoms with van der Waals surface area (Å²) in [4.78, 5) is 0. The van der Waals surface area contributed by atoms with Crippen LogP contribution in [0.3, 0.4) is 0 Å². The van der Waals surface area contributed by atoms with Crippen molar-refractivity contribution in [2.24, 2.45) is 0 Å². The van der Waals surface area contributed by atoms with Crippen LogP contribution < -0.4 is 10.1 Å². The smallest absolute Gasteiger partial charge is 0.124 e. The van der Waals surface area contributed by atoms with Crippen molar-refractivity contribution in [3.8, 4) is 5.75 Å². The van der Waals surface area contributed by atoms with E-state index in [4.69, 9.17) is 4.74 Å². The molecule has 1 unspecified atom stereocenters. The van der Waals surface area contributed by atoms with Crippen molar-refractivity contribution < 1.29 is 14.9 Å². The van der Waals surface area contributed by atoms with Crippen molar-refractivity contribution in [3.05, 3.63) is 29.8 Å². The van der Waals surface area contributed by atoms with Gasteiger partial charge in [-0.15, -0.1) is 0 Å². The Morgan fingerprint density at radius 2 is 1.95 bits per heavy atom. The second-order valence-corrected chi connectivity index (χ2v) is 5.44. The molecule has 0 bridgehead atoms. The predicted molar refractivity (Wildman–Crippen MR) is 85.5 cm³/mol. The summed E-state index contributed by atoms with van der Waals surface area (Å²) in [7, 11) is 0. The number of aliphatic hydroxyl groups excluding tert-OH is 2. The molecule has 1 aromatic rings. The van der Waals surface area contributed by atoms with Crippen molar-refractivity contribution in [1.29, 1.82) is 0 Å². The van der Waals surface area contributed by atoms with Gasteiger partial charge in [0.05, 0.1) is 19.8 Å². The van der Waals surface area contributed by atoms with Gasteiger partial charge in [0.15, 0.2) is 0 Å². The molecule has 0 radical (unpaired) electrons. The molecule has 0 fully saturated rings. The summed E-state index contributed by atoms with van der Waals surface area (Å²) in [6, 6.07) is 7.53. The van der Waals surface area contributed by atoms with Crippen molar-refractivity contribution >= 4 is 0 Å². The maximum Gasteiger partial charge on any atom is 0.124 e. The fourth-order valence-electron chi connectivity index (χ4n) is 2.40. The van der Waals surface area contributed by atoms with Gasteiger partial charge in [0.1, 0.15) is 5.75 Å². The minimum absolute atomic E-state index is 0.0102. The Balaban J connectivity index is 2.43. The lowest BCUT2D eigenvalue weighted by Crippen LogP contribution is -2.48. The Labute approximate surface area is 128 Å². The average Bonchev–Trinajstić information content (AvgIpc) is 2.55. The maximum atomic E-state index is 9.67. The van der Waals surface area contributed by atoms with E-state index in [0.29, 0.717) is 6.61 Å².